The zero-order chi connectivity index (χ0) is 20.0. The first-order chi connectivity index (χ1) is 12.9. The molecule has 8 heteroatoms. The number of benzene rings is 1. The molecule has 0 fully saturated rings. The van der Waals surface area contributed by atoms with Crippen molar-refractivity contribution in [2.24, 2.45) is 0 Å². The Morgan fingerprint density at radius 3 is 2.44 bits per heavy atom. The Balaban J connectivity index is 2.33. The molecule has 1 atom stereocenters. The van der Waals surface area contributed by atoms with Crippen molar-refractivity contribution in [1.82, 2.24) is 15.5 Å². The maximum absolute atomic E-state index is 12.6. The molecule has 0 aromatic heterocycles. The zero-order valence-electron chi connectivity index (χ0n) is 16.1. The molecule has 1 aromatic carbocycles. The number of allylic oxidation sites excluding steroid dienone is 1. The molecule has 1 aromatic rings. The van der Waals surface area contributed by atoms with Crippen molar-refractivity contribution in [3.63, 3.8) is 0 Å². The summed E-state index contributed by atoms with van der Waals surface area (Å²) in [6.45, 7) is 8.99. The molecule has 0 bridgehead atoms. The first-order valence-electron chi connectivity index (χ1n) is 9.03. The van der Waals surface area contributed by atoms with Crippen LogP contribution in [0.25, 0.3) is 0 Å². The van der Waals surface area contributed by atoms with Crippen molar-refractivity contribution in [2.75, 3.05) is 25.0 Å². The first-order valence-corrected chi connectivity index (χ1v) is 9.44. The van der Waals surface area contributed by atoms with E-state index in [1.165, 1.54) is 0 Å². The second kappa shape index (κ2) is 9.36. The van der Waals surface area contributed by atoms with Crippen LogP contribution < -0.4 is 16.0 Å². The van der Waals surface area contributed by atoms with Crippen molar-refractivity contribution in [3.05, 3.63) is 41.1 Å². The van der Waals surface area contributed by atoms with E-state index in [4.69, 9.17) is 17.0 Å². The number of rotatable bonds is 6. The van der Waals surface area contributed by atoms with Crippen LogP contribution in [0, 0.1) is 0 Å². The lowest BCUT2D eigenvalue weighted by Gasteiger charge is -2.37. The van der Waals surface area contributed by atoms with E-state index < -0.39 is 6.04 Å². The van der Waals surface area contributed by atoms with Crippen LogP contribution in [0.1, 0.15) is 39.3 Å². The average molecular weight is 391 g/mol. The van der Waals surface area contributed by atoms with Crippen molar-refractivity contribution in [2.45, 2.75) is 33.7 Å². The molecule has 1 unspecified atom stereocenters. The van der Waals surface area contributed by atoms with Gasteiger partial charge < -0.3 is 25.6 Å². The fourth-order valence-electron chi connectivity index (χ4n) is 2.98. The van der Waals surface area contributed by atoms with Gasteiger partial charge in [-0.1, -0.05) is 12.1 Å². The molecule has 1 heterocycles. The highest BCUT2D eigenvalue weighted by molar-refractivity contribution is 7.80. The summed E-state index contributed by atoms with van der Waals surface area (Å²) in [5.74, 6) is -0.363. The smallest absolute Gasteiger partial charge is 0.338 e. The van der Waals surface area contributed by atoms with Crippen LogP contribution in [0.15, 0.2) is 35.5 Å². The van der Waals surface area contributed by atoms with Gasteiger partial charge in [-0.05, 0) is 57.6 Å². The number of amides is 2. The van der Waals surface area contributed by atoms with Crippen molar-refractivity contribution in [3.8, 4) is 0 Å². The lowest BCUT2D eigenvalue weighted by Crippen LogP contribution is -2.47. The molecule has 0 aliphatic carbocycles. The first kappa shape index (κ1) is 20.7. The SMILES string of the molecule is CCNC(=O)Nc1ccc(C2NC(=S)N(CC)C(C)=C2C(=O)OCC)cc1. The molecule has 7 nitrogen and oxygen atoms in total. The van der Waals surface area contributed by atoms with Crippen molar-refractivity contribution in [1.29, 1.82) is 0 Å². The maximum atomic E-state index is 12.6. The molecule has 1 aliphatic heterocycles. The lowest BCUT2D eigenvalue weighted by molar-refractivity contribution is -0.139. The summed E-state index contributed by atoms with van der Waals surface area (Å²) in [6, 6.07) is 6.63. The summed E-state index contributed by atoms with van der Waals surface area (Å²) < 4.78 is 5.26. The molecule has 27 heavy (non-hydrogen) atoms. The quantitative estimate of drug-likeness (QED) is 0.512. The van der Waals surface area contributed by atoms with E-state index in [1.54, 1.807) is 19.1 Å². The Morgan fingerprint density at radius 2 is 1.89 bits per heavy atom. The maximum Gasteiger partial charge on any atom is 0.338 e. The highest BCUT2D eigenvalue weighted by atomic mass is 32.1. The molecular formula is C19H26N4O3S. The third kappa shape index (κ3) is 4.77. The van der Waals surface area contributed by atoms with Gasteiger partial charge >= 0.3 is 12.0 Å². The summed E-state index contributed by atoms with van der Waals surface area (Å²) in [4.78, 5) is 26.1. The number of nitrogens with one attached hydrogen (secondary N) is 3. The van der Waals surface area contributed by atoms with E-state index in [2.05, 4.69) is 16.0 Å². The molecule has 2 amide bonds. The normalized spacial score (nSPS) is 16.7. The van der Waals surface area contributed by atoms with Crippen LogP contribution in [0.2, 0.25) is 0 Å². The second-order valence-corrected chi connectivity index (χ2v) is 6.34. The summed E-state index contributed by atoms with van der Waals surface area (Å²) >= 11 is 5.46. The number of ether oxygens (including phenoxy) is 1. The number of thiocarbonyl (C=S) groups is 1. The lowest BCUT2D eigenvalue weighted by atomic mass is 9.95. The molecule has 2 rings (SSSR count). The topological polar surface area (TPSA) is 82.7 Å². The minimum absolute atomic E-state index is 0.260. The number of urea groups is 1. The van der Waals surface area contributed by atoms with Crippen LogP contribution in [0.3, 0.4) is 0 Å². The molecule has 3 N–H and O–H groups in total. The van der Waals surface area contributed by atoms with Gasteiger partial charge in [0.25, 0.3) is 0 Å². The third-order valence-electron chi connectivity index (χ3n) is 4.25. The Labute approximate surface area is 165 Å². The predicted octanol–water partition coefficient (Wildman–Crippen LogP) is 2.92. The van der Waals surface area contributed by atoms with Crippen LogP contribution in [-0.4, -0.2) is 41.7 Å². The van der Waals surface area contributed by atoms with Gasteiger partial charge in [0.2, 0.25) is 0 Å². The number of anilines is 1. The van der Waals surface area contributed by atoms with E-state index >= 15 is 0 Å². The van der Waals surface area contributed by atoms with E-state index in [0.29, 0.717) is 36.1 Å². The Bertz CT molecular complexity index is 746. The van der Waals surface area contributed by atoms with Gasteiger partial charge in [0, 0.05) is 24.5 Å². The summed E-state index contributed by atoms with van der Waals surface area (Å²) in [7, 11) is 0. The molecular weight excluding hydrogens is 364 g/mol. The predicted molar refractivity (Wildman–Crippen MR) is 109 cm³/mol. The van der Waals surface area contributed by atoms with Crippen LogP contribution in [0.4, 0.5) is 10.5 Å². The van der Waals surface area contributed by atoms with Gasteiger partial charge in [-0.3, -0.25) is 0 Å². The highest BCUT2D eigenvalue weighted by Gasteiger charge is 2.34. The largest absolute Gasteiger partial charge is 0.463 e. The molecule has 146 valence electrons. The van der Waals surface area contributed by atoms with Crippen molar-refractivity contribution < 1.29 is 14.3 Å². The minimum atomic E-state index is -0.405. The molecule has 0 spiro atoms. The van der Waals surface area contributed by atoms with E-state index in [-0.39, 0.29) is 12.0 Å². The van der Waals surface area contributed by atoms with E-state index in [0.717, 1.165) is 11.3 Å². The number of carbonyl (C=O) groups is 2. The van der Waals surface area contributed by atoms with Gasteiger partial charge in [0.15, 0.2) is 5.11 Å². The van der Waals surface area contributed by atoms with Crippen molar-refractivity contribution >= 4 is 35.0 Å². The highest BCUT2D eigenvalue weighted by Crippen LogP contribution is 2.31. The summed E-state index contributed by atoms with van der Waals surface area (Å²) in [5, 5.41) is 9.23. The monoisotopic (exact) mass is 390 g/mol. The minimum Gasteiger partial charge on any atom is -0.463 e. The van der Waals surface area contributed by atoms with Gasteiger partial charge in [-0.15, -0.1) is 0 Å². The van der Waals surface area contributed by atoms with Crippen LogP contribution in [-0.2, 0) is 9.53 Å². The van der Waals surface area contributed by atoms with E-state index in [1.807, 2.05) is 37.8 Å². The summed E-state index contributed by atoms with van der Waals surface area (Å²) in [6.07, 6.45) is 0. The van der Waals surface area contributed by atoms with Crippen LogP contribution >= 0.6 is 12.2 Å². The van der Waals surface area contributed by atoms with Gasteiger partial charge in [0.05, 0.1) is 18.2 Å². The standard InChI is InChI=1S/C19H26N4O3S/c1-5-20-18(25)21-14-10-8-13(9-11-14)16-15(17(24)26-7-3)12(4)23(6-2)19(27)22-16/h8-11,16H,5-7H2,1-4H3,(H,22,27)(H2,20,21,25). The Hall–Kier alpha value is -2.61. The van der Waals surface area contributed by atoms with Gasteiger partial charge in [-0.25, -0.2) is 9.59 Å². The number of hydrogen-bond donors (Lipinski definition) is 3. The Kier molecular flexibility index (Phi) is 7.18. The van der Waals surface area contributed by atoms with E-state index in [9.17, 15) is 9.59 Å². The van der Waals surface area contributed by atoms with Gasteiger partial charge in [0.1, 0.15) is 0 Å². The molecule has 0 saturated heterocycles. The fraction of sp³-hybridized carbons (Fsp3) is 0.421. The van der Waals surface area contributed by atoms with Gasteiger partial charge in [-0.2, -0.15) is 0 Å². The number of nitrogens with zero attached hydrogens (tertiary/aromatic N) is 1. The Morgan fingerprint density at radius 1 is 1.22 bits per heavy atom. The molecule has 0 saturated carbocycles. The molecule has 1 aliphatic rings. The average Bonchev–Trinajstić information content (AvgIpc) is 2.62. The number of carbonyl (C=O) groups excluding carboxylic acids is 2. The van der Waals surface area contributed by atoms with Crippen LogP contribution in [0.5, 0.6) is 0 Å². The summed E-state index contributed by atoms with van der Waals surface area (Å²) in [5.41, 5.74) is 2.85. The fourth-order valence-corrected chi connectivity index (χ4v) is 3.36. The number of hydrogen-bond acceptors (Lipinski definition) is 4. The zero-order valence-corrected chi connectivity index (χ0v) is 16.9. The number of esters is 1. The second-order valence-electron chi connectivity index (χ2n) is 5.95. The third-order valence-corrected chi connectivity index (χ3v) is 4.59. The molecule has 0 radical (unpaired) electrons.